The van der Waals surface area contributed by atoms with Crippen molar-refractivity contribution in [3.05, 3.63) is 114 Å². The van der Waals surface area contributed by atoms with Crippen LogP contribution in [-0.4, -0.2) is 57.5 Å². The SMILES string of the molecule is CN(C)CCN(Cc1ccccc1)C(=O)c1cc(-c2ccccc2)nc2cc(-c3ccccc3)nn12. The number of nitrogens with zero attached hydrogens (tertiary/aromatic N) is 5. The van der Waals surface area contributed by atoms with Gasteiger partial charge in [0.05, 0.1) is 11.4 Å². The molecule has 3 aromatic carbocycles. The van der Waals surface area contributed by atoms with Crippen molar-refractivity contribution >= 4 is 11.6 Å². The Hall–Kier alpha value is -4.29. The first-order chi connectivity index (χ1) is 17.6. The van der Waals surface area contributed by atoms with Crippen LogP contribution in [0, 0.1) is 0 Å². The molecular weight excluding hydrogens is 446 g/mol. The predicted molar refractivity (Wildman–Crippen MR) is 144 cm³/mol. The molecule has 6 heteroatoms. The number of carbonyl (C=O) groups excluding carboxylic acids is 1. The second-order valence-corrected chi connectivity index (χ2v) is 9.07. The fraction of sp³-hybridized carbons (Fsp3) is 0.167. The van der Waals surface area contributed by atoms with Gasteiger partial charge in [0, 0.05) is 36.8 Å². The highest BCUT2D eigenvalue weighted by Gasteiger charge is 2.22. The summed E-state index contributed by atoms with van der Waals surface area (Å²) in [5, 5.41) is 4.82. The molecular formula is C30H29N5O. The molecule has 0 spiro atoms. The Morgan fingerprint density at radius 2 is 1.33 bits per heavy atom. The van der Waals surface area contributed by atoms with Gasteiger partial charge in [-0.1, -0.05) is 91.0 Å². The van der Waals surface area contributed by atoms with E-state index in [1.807, 2.05) is 110 Å². The quantitative estimate of drug-likeness (QED) is 0.307. The fourth-order valence-corrected chi connectivity index (χ4v) is 4.17. The van der Waals surface area contributed by atoms with E-state index in [0.29, 0.717) is 24.4 Å². The van der Waals surface area contributed by atoms with Crippen LogP contribution in [0.15, 0.2) is 103 Å². The van der Waals surface area contributed by atoms with E-state index in [9.17, 15) is 4.79 Å². The fourth-order valence-electron chi connectivity index (χ4n) is 4.17. The molecule has 0 saturated heterocycles. The number of rotatable bonds is 8. The highest BCUT2D eigenvalue weighted by molar-refractivity contribution is 5.94. The minimum Gasteiger partial charge on any atom is -0.332 e. The molecule has 0 fully saturated rings. The van der Waals surface area contributed by atoms with Gasteiger partial charge >= 0.3 is 0 Å². The van der Waals surface area contributed by atoms with Gasteiger partial charge < -0.3 is 9.80 Å². The molecule has 6 nitrogen and oxygen atoms in total. The predicted octanol–water partition coefficient (Wildman–Crippen LogP) is 5.27. The maximum absolute atomic E-state index is 14.1. The average Bonchev–Trinajstić information content (AvgIpc) is 3.36. The molecule has 1 amide bonds. The van der Waals surface area contributed by atoms with E-state index in [1.165, 1.54) is 0 Å². The molecule has 0 aliphatic carbocycles. The van der Waals surface area contributed by atoms with Gasteiger partial charge in [0.1, 0.15) is 5.69 Å². The van der Waals surface area contributed by atoms with Crippen LogP contribution in [0.5, 0.6) is 0 Å². The van der Waals surface area contributed by atoms with Gasteiger partial charge in [-0.15, -0.1) is 0 Å². The first kappa shape index (κ1) is 23.5. The molecule has 0 radical (unpaired) electrons. The number of amides is 1. The Balaban J connectivity index is 1.62. The molecule has 5 rings (SSSR count). The van der Waals surface area contributed by atoms with Crippen LogP contribution in [0.25, 0.3) is 28.2 Å². The molecule has 0 N–H and O–H groups in total. The van der Waals surface area contributed by atoms with E-state index in [-0.39, 0.29) is 5.91 Å². The van der Waals surface area contributed by atoms with Crippen molar-refractivity contribution in [3.8, 4) is 22.5 Å². The highest BCUT2D eigenvalue weighted by Crippen LogP contribution is 2.25. The molecule has 0 saturated carbocycles. The molecule has 0 bridgehead atoms. The summed E-state index contributed by atoms with van der Waals surface area (Å²) in [7, 11) is 4.03. The Bertz CT molecular complexity index is 1450. The van der Waals surface area contributed by atoms with Gasteiger partial charge in [0.2, 0.25) is 0 Å². The summed E-state index contributed by atoms with van der Waals surface area (Å²) < 4.78 is 1.69. The van der Waals surface area contributed by atoms with E-state index in [1.54, 1.807) is 4.52 Å². The van der Waals surface area contributed by atoms with Gasteiger partial charge in [-0.25, -0.2) is 9.50 Å². The van der Waals surface area contributed by atoms with Crippen LogP contribution in [0.3, 0.4) is 0 Å². The third kappa shape index (κ3) is 5.19. The molecule has 2 aromatic heterocycles. The number of fused-ring (bicyclic) bond motifs is 1. The smallest absolute Gasteiger partial charge is 0.273 e. The zero-order valence-corrected chi connectivity index (χ0v) is 20.6. The molecule has 0 unspecified atom stereocenters. The third-order valence-corrected chi connectivity index (χ3v) is 6.11. The Morgan fingerprint density at radius 1 is 0.750 bits per heavy atom. The molecule has 0 aliphatic heterocycles. The van der Waals surface area contributed by atoms with Crippen LogP contribution in [0.1, 0.15) is 16.1 Å². The second-order valence-electron chi connectivity index (χ2n) is 9.07. The van der Waals surface area contributed by atoms with Crippen LogP contribution < -0.4 is 0 Å². The summed E-state index contributed by atoms with van der Waals surface area (Å²) >= 11 is 0. The lowest BCUT2D eigenvalue weighted by Gasteiger charge is -2.25. The largest absolute Gasteiger partial charge is 0.332 e. The lowest BCUT2D eigenvalue weighted by Crippen LogP contribution is -2.37. The number of aromatic nitrogens is 3. The second kappa shape index (κ2) is 10.5. The molecule has 5 aromatic rings. The van der Waals surface area contributed by atoms with Gasteiger partial charge in [0.25, 0.3) is 5.91 Å². The first-order valence-electron chi connectivity index (χ1n) is 12.1. The number of hydrogen-bond acceptors (Lipinski definition) is 4. The molecule has 180 valence electrons. The maximum Gasteiger partial charge on any atom is 0.273 e. The van der Waals surface area contributed by atoms with Gasteiger partial charge in [-0.05, 0) is 25.7 Å². The van der Waals surface area contributed by atoms with Crippen molar-refractivity contribution in [3.63, 3.8) is 0 Å². The number of carbonyl (C=O) groups is 1. The Labute approximate surface area is 211 Å². The minimum absolute atomic E-state index is 0.0759. The molecule has 0 atom stereocenters. The lowest BCUT2D eigenvalue weighted by atomic mass is 10.1. The van der Waals surface area contributed by atoms with Crippen LogP contribution >= 0.6 is 0 Å². The summed E-state index contributed by atoms with van der Waals surface area (Å²) in [6.07, 6.45) is 0. The summed E-state index contributed by atoms with van der Waals surface area (Å²) in [4.78, 5) is 23.0. The van der Waals surface area contributed by atoms with E-state index >= 15 is 0 Å². The van der Waals surface area contributed by atoms with E-state index in [0.717, 1.165) is 34.6 Å². The maximum atomic E-state index is 14.1. The van der Waals surface area contributed by atoms with E-state index in [4.69, 9.17) is 10.1 Å². The zero-order chi connectivity index (χ0) is 24.9. The zero-order valence-electron chi connectivity index (χ0n) is 20.6. The molecule has 0 aliphatic rings. The van der Waals surface area contributed by atoms with Crippen LogP contribution in [0.2, 0.25) is 0 Å². The highest BCUT2D eigenvalue weighted by atomic mass is 16.2. The molecule has 36 heavy (non-hydrogen) atoms. The van der Waals surface area contributed by atoms with Crippen LogP contribution in [0.4, 0.5) is 0 Å². The summed E-state index contributed by atoms with van der Waals surface area (Å²) in [5.41, 5.74) is 5.70. The normalized spacial score (nSPS) is 11.2. The van der Waals surface area contributed by atoms with Gasteiger partial charge in [-0.2, -0.15) is 5.10 Å². The Kier molecular flexibility index (Phi) is 6.87. The van der Waals surface area contributed by atoms with E-state index < -0.39 is 0 Å². The summed E-state index contributed by atoms with van der Waals surface area (Å²) in [6, 6.07) is 33.8. The number of hydrogen-bond donors (Lipinski definition) is 0. The van der Waals surface area contributed by atoms with Crippen molar-refractivity contribution in [2.75, 3.05) is 27.2 Å². The molecule has 2 heterocycles. The summed E-state index contributed by atoms with van der Waals surface area (Å²) in [6.45, 7) is 1.87. The standard InChI is InChI=1S/C30H29N5O/c1-33(2)18-19-34(22-23-12-6-3-7-13-23)30(36)28-20-26(24-14-8-4-9-15-24)31-29-21-27(32-35(28)29)25-16-10-5-11-17-25/h3-17,20-21H,18-19,22H2,1-2H3. The topological polar surface area (TPSA) is 53.7 Å². The van der Waals surface area contributed by atoms with Crippen molar-refractivity contribution in [2.24, 2.45) is 0 Å². The number of likely N-dealkylation sites (N-methyl/N-ethyl adjacent to an activating group) is 1. The Morgan fingerprint density at radius 3 is 1.94 bits per heavy atom. The van der Waals surface area contributed by atoms with Gasteiger partial charge in [-0.3, -0.25) is 4.79 Å². The minimum atomic E-state index is -0.0759. The van der Waals surface area contributed by atoms with Gasteiger partial charge in [0.15, 0.2) is 5.65 Å². The van der Waals surface area contributed by atoms with Crippen LogP contribution in [-0.2, 0) is 6.54 Å². The summed E-state index contributed by atoms with van der Waals surface area (Å²) in [5.74, 6) is -0.0759. The van der Waals surface area contributed by atoms with Crippen molar-refractivity contribution in [1.82, 2.24) is 24.4 Å². The monoisotopic (exact) mass is 475 g/mol. The third-order valence-electron chi connectivity index (χ3n) is 6.11. The lowest BCUT2D eigenvalue weighted by molar-refractivity contribution is 0.0723. The number of benzene rings is 3. The first-order valence-corrected chi connectivity index (χ1v) is 12.1. The average molecular weight is 476 g/mol. The van der Waals surface area contributed by atoms with Crippen molar-refractivity contribution in [2.45, 2.75) is 6.54 Å². The van der Waals surface area contributed by atoms with Crippen molar-refractivity contribution < 1.29 is 4.79 Å². The van der Waals surface area contributed by atoms with Crippen molar-refractivity contribution in [1.29, 1.82) is 0 Å². The van der Waals surface area contributed by atoms with E-state index in [2.05, 4.69) is 17.0 Å².